The van der Waals surface area contributed by atoms with Crippen LogP contribution in [0.1, 0.15) is 51.6 Å². The highest BCUT2D eigenvalue weighted by Gasteiger charge is 2.44. The van der Waals surface area contributed by atoms with Gasteiger partial charge in [0.15, 0.2) is 0 Å². The molecular weight excluding hydrogens is 374 g/mol. The van der Waals surface area contributed by atoms with Gasteiger partial charge < -0.3 is 14.7 Å². The normalized spacial score (nSPS) is 22.4. The molecule has 1 aliphatic rings. The van der Waals surface area contributed by atoms with E-state index in [2.05, 4.69) is 15.9 Å². The Labute approximate surface area is 151 Å². The molecule has 1 aromatic carbocycles. The van der Waals surface area contributed by atoms with Crippen molar-refractivity contribution in [3.8, 4) is 0 Å². The number of carboxylic acid groups (broad SMARTS) is 1. The van der Waals surface area contributed by atoms with Crippen LogP contribution in [0.15, 0.2) is 28.7 Å². The number of carbonyl (C=O) groups excluding carboxylic acids is 1. The second-order valence-corrected chi connectivity index (χ2v) is 7.57. The van der Waals surface area contributed by atoms with Crippen molar-refractivity contribution in [1.29, 1.82) is 0 Å². The fourth-order valence-corrected chi connectivity index (χ4v) is 3.41. The molecule has 0 radical (unpaired) electrons. The van der Waals surface area contributed by atoms with Crippen LogP contribution in [-0.4, -0.2) is 34.2 Å². The highest BCUT2D eigenvalue weighted by molar-refractivity contribution is 9.10. The van der Waals surface area contributed by atoms with Crippen LogP contribution in [0.5, 0.6) is 0 Å². The molecule has 1 aromatic rings. The molecule has 6 heteroatoms. The van der Waals surface area contributed by atoms with Crippen LogP contribution in [0.3, 0.4) is 0 Å². The van der Waals surface area contributed by atoms with Gasteiger partial charge in [0.2, 0.25) is 0 Å². The SMILES string of the molecule is CC(c1ccc(Br)cc1)N1CCC(CCC(=O)O)(C(C)C)OC1=O. The number of rotatable bonds is 6. The monoisotopic (exact) mass is 397 g/mol. The lowest BCUT2D eigenvalue weighted by atomic mass is 9.81. The highest BCUT2D eigenvalue weighted by Crippen LogP contribution is 2.37. The fourth-order valence-electron chi connectivity index (χ4n) is 3.15. The molecular formula is C18H24BrNO4. The van der Waals surface area contributed by atoms with Gasteiger partial charge in [-0.15, -0.1) is 0 Å². The van der Waals surface area contributed by atoms with E-state index in [1.807, 2.05) is 45.0 Å². The van der Waals surface area contributed by atoms with Crippen molar-refractivity contribution in [2.45, 2.75) is 51.7 Å². The topological polar surface area (TPSA) is 66.8 Å². The molecule has 2 atom stereocenters. The summed E-state index contributed by atoms with van der Waals surface area (Å²) in [5, 5.41) is 8.96. The zero-order chi connectivity index (χ0) is 17.9. The van der Waals surface area contributed by atoms with Crippen LogP contribution >= 0.6 is 15.9 Å². The zero-order valence-corrected chi connectivity index (χ0v) is 15.9. The van der Waals surface area contributed by atoms with Gasteiger partial charge in [0.25, 0.3) is 0 Å². The number of carbonyl (C=O) groups is 2. The first-order chi connectivity index (χ1) is 11.2. The number of benzene rings is 1. The molecule has 132 valence electrons. The summed E-state index contributed by atoms with van der Waals surface area (Å²) in [6.45, 7) is 6.49. The van der Waals surface area contributed by atoms with Gasteiger partial charge in [0, 0.05) is 23.9 Å². The number of halogens is 1. The average Bonchev–Trinajstić information content (AvgIpc) is 2.53. The lowest BCUT2D eigenvalue weighted by Crippen LogP contribution is -2.53. The van der Waals surface area contributed by atoms with Crippen molar-refractivity contribution in [3.05, 3.63) is 34.3 Å². The summed E-state index contributed by atoms with van der Waals surface area (Å²) in [6, 6.07) is 7.78. The Hall–Kier alpha value is -1.56. The summed E-state index contributed by atoms with van der Waals surface area (Å²) in [6.07, 6.45) is 0.639. The summed E-state index contributed by atoms with van der Waals surface area (Å²) in [5.41, 5.74) is 0.350. The third kappa shape index (κ3) is 4.09. The van der Waals surface area contributed by atoms with Crippen molar-refractivity contribution in [2.24, 2.45) is 5.92 Å². The van der Waals surface area contributed by atoms with Crippen molar-refractivity contribution >= 4 is 28.0 Å². The molecule has 0 aliphatic carbocycles. The summed E-state index contributed by atoms with van der Waals surface area (Å²) in [7, 11) is 0. The maximum Gasteiger partial charge on any atom is 0.410 e. The average molecular weight is 398 g/mol. The van der Waals surface area contributed by atoms with Crippen molar-refractivity contribution < 1.29 is 19.4 Å². The van der Waals surface area contributed by atoms with E-state index in [-0.39, 0.29) is 24.5 Å². The minimum Gasteiger partial charge on any atom is -0.481 e. The van der Waals surface area contributed by atoms with Gasteiger partial charge in [0.1, 0.15) is 5.60 Å². The van der Waals surface area contributed by atoms with E-state index >= 15 is 0 Å². The minimum atomic E-state index is -0.864. The Kier molecular flexibility index (Phi) is 5.91. The molecule has 1 saturated heterocycles. The van der Waals surface area contributed by atoms with E-state index in [9.17, 15) is 9.59 Å². The second kappa shape index (κ2) is 7.55. The zero-order valence-electron chi connectivity index (χ0n) is 14.3. The predicted octanol–water partition coefficient (Wildman–Crippen LogP) is 4.61. The fraction of sp³-hybridized carbons (Fsp3) is 0.556. The summed E-state index contributed by atoms with van der Waals surface area (Å²) >= 11 is 3.41. The number of aliphatic carboxylic acids is 1. The molecule has 0 spiro atoms. The predicted molar refractivity (Wildman–Crippen MR) is 94.8 cm³/mol. The minimum absolute atomic E-state index is 0.00766. The first-order valence-corrected chi connectivity index (χ1v) is 9.01. The van der Waals surface area contributed by atoms with E-state index < -0.39 is 11.6 Å². The Bertz CT molecular complexity index is 602. The van der Waals surface area contributed by atoms with E-state index in [0.29, 0.717) is 19.4 Å². The Morgan fingerprint density at radius 1 is 1.33 bits per heavy atom. The van der Waals surface area contributed by atoms with E-state index in [4.69, 9.17) is 9.84 Å². The van der Waals surface area contributed by atoms with Crippen LogP contribution in [0.2, 0.25) is 0 Å². The lowest BCUT2D eigenvalue weighted by Gasteiger charge is -2.45. The molecule has 1 N–H and O–H groups in total. The number of hydrogen-bond donors (Lipinski definition) is 1. The van der Waals surface area contributed by atoms with Gasteiger partial charge in [-0.2, -0.15) is 0 Å². The molecule has 1 aliphatic heterocycles. The van der Waals surface area contributed by atoms with E-state index in [1.54, 1.807) is 4.90 Å². The molecule has 5 nitrogen and oxygen atoms in total. The van der Waals surface area contributed by atoms with Gasteiger partial charge in [-0.1, -0.05) is 41.9 Å². The molecule has 2 rings (SSSR count). The van der Waals surface area contributed by atoms with Crippen LogP contribution in [0.4, 0.5) is 4.79 Å². The Morgan fingerprint density at radius 3 is 2.46 bits per heavy atom. The smallest absolute Gasteiger partial charge is 0.410 e. The molecule has 1 heterocycles. The number of hydrogen-bond acceptors (Lipinski definition) is 3. The summed E-state index contributed by atoms with van der Waals surface area (Å²) in [5.74, 6) is -0.789. The maximum atomic E-state index is 12.6. The van der Waals surface area contributed by atoms with Crippen molar-refractivity contribution in [1.82, 2.24) is 4.90 Å². The van der Waals surface area contributed by atoms with Crippen LogP contribution in [0, 0.1) is 5.92 Å². The summed E-state index contributed by atoms with van der Waals surface area (Å²) < 4.78 is 6.77. The van der Waals surface area contributed by atoms with E-state index in [0.717, 1.165) is 10.0 Å². The first-order valence-electron chi connectivity index (χ1n) is 8.22. The van der Waals surface area contributed by atoms with Crippen molar-refractivity contribution in [3.63, 3.8) is 0 Å². The van der Waals surface area contributed by atoms with Crippen LogP contribution in [0.25, 0.3) is 0 Å². The number of ether oxygens (including phenoxy) is 1. The quantitative estimate of drug-likeness (QED) is 0.760. The molecule has 0 saturated carbocycles. The lowest BCUT2D eigenvalue weighted by molar-refractivity contribution is -0.140. The highest BCUT2D eigenvalue weighted by atomic mass is 79.9. The Balaban J connectivity index is 2.11. The van der Waals surface area contributed by atoms with Gasteiger partial charge in [0.05, 0.1) is 6.04 Å². The molecule has 0 aromatic heterocycles. The molecule has 0 bridgehead atoms. The van der Waals surface area contributed by atoms with Gasteiger partial charge >= 0.3 is 12.1 Å². The first kappa shape index (κ1) is 18.8. The number of amides is 1. The molecule has 2 unspecified atom stereocenters. The van der Waals surface area contributed by atoms with Crippen LogP contribution in [-0.2, 0) is 9.53 Å². The second-order valence-electron chi connectivity index (χ2n) is 6.65. The molecule has 1 fully saturated rings. The van der Waals surface area contributed by atoms with Crippen molar-refractivity contribution in [2.75, 3.05) is 6.54 Å². The van der Waals surface area contributed by atoms with Crippen LogP contribution < -0.4 is 0 Å². The van der Waals surface area contributed by atoms with E-state index in [1.165, 1.54) is 0 Å². The number of cyclic esters (lactones) is 1. The maximum absolute atomic E-state index is 12.6. The molecule has 24 heavy (non-hydrogen) atoms. The summed E-state index contributed by atoms with van der Waals surface area (Å²) in [4.78, 5) is 25.2. The van der Waals surface area contributed by atoms with Gasteiger partial charge in [-0.3, -0.25) is 4.79 Å². The standard InChI is InChI=1S/C18H24BrNO4/c1-12(2)18(9-8-16(21)22)10-11-20(17(23)24-18)13(3)14-4-6-15(19)7-5-14/h4-7,12-13H,8-11H2,1-3H3,(H,21,22). The van der Waals surface area contributed by atoms with Gasteiger partial charge in [-0.25, -0.2) is 4.79 Å². The molecule has 1 amide bonds. The Morgan fingerprint density at radius 2 is 1.96 bits per heavy atom. The number of carboxylic acids is 1. The largest absolute Gasteiger partial charge is 0.481 e. The van der Waals surface area contributed by atoms with Gasteiger partial charge in [-0.05, 0) is 37.0 Å². The third-order valence-electron chi connectivity index (χ3n) is 4.94. The number of nitrogens with zero attached hydrogens (tertiary/aromatic N) is 1. The third-order valence-corrected chi connectivity index (χ3v) is 5.46.